The number of rotatable bonds is 4. The van der Waals surface area contributed by atoms with E-state index in [9.17, 15) is 0 Å². The van der Waals surface area contributed by atoms with Crippen molar-refractivity contribution >= 4 is 15.9 Å². The molecule has 0 amide bonds. The lowest BCUT2D eigenvalue weighted by Crippen LogP contribution is -2.08. The van der Waals surface area contributed by atoms with E-state index in [4.69, 9.17) is 4.74 Å². The number of nitrogens with one attached hydrogen (secondary N) is 1. The summed E-state index contributed by atoms with van der Waals surface area (Å²) >= 11 is 3.46. The van der Waals surface area contributed by atoms with Crippen molar-refractivity contribution in [1.29, 1.82) is 0 Å². The maximum absolute atomic E-state index is 5.66. The van der Waals surface area contributed by atoms with Crippen LogP contribution in [0.1, 0.15) is 16.8 Å². The molecule has 4 nitrogen and oxygen atoms in total. The third kappa shape index (κ3) is 3.52. The number of ether oxygens (including phenoxy) is 1. The second kappa shape index (κ2) is 6.12. The number of aryl methyl sites for hydroxylation is 2. The van der Waals surface area contributed by atoms with Crippen LogP contribution in [0.15, 0.2) is 28.9 Å². The Morgan fingerprint density at radius 2 is 2.11 bits per heavy atom. The molecule has 2 rings (SSSR count). The fourth-order valence-corrected chi connectivity index (χ4v) is 1.92. The van der Waals surface area contributed by atoms with Crippen LogP contribution in [0.3, 0.4) is 0 Å². The summed E-state index contributed by atoms with van der Waals surface area (Å²) in [6.45, 7) is 4.72. The van der Waals surface area contributed by atoms with Crippen LogP contribution in [0.4, 0.5) is 0 Å². The third-order valence-electron chi connectivity index (χ3n) is 2.76. The van der Waals surface area contributed by atoms with Gasteiger partial charge in [-0.2, -0.15) is 4.98 Å². The predicted molar refractivity (Wildman–Crippen MR) is 78.5 cm³/mol. The van der Waals surface area contributed by atoms with Crippen LogP contribution in [-0.4, -0.2) is 17.0 Å². The van der Waals surface area contributed by atoms with Crippen molar-refractivity contribution in [2.24, 2.45) is 0 Å². The molecular weight excluding hydrogens is 306 g/mol. The molecule has 0 saturated heterocycles. The minimum absolute atomic E-state index is 0.374. The van der Waals surface area contributed by atoms with Gasteiger partial charge in [0.25, 0.3) is 0 Å². The summed E-state index contributed by atoms with van der Waals surface area (Å²) in [6, 6.07) is 6.16. The second-order valence-electron chi connectivity index (χ2n) is 4.31. The number of hydrogen-bond acceptors (Lipinski definition) is 4. The molecule has 1 aromatic heterocycles. The Hall–Kier alpha value is -1.46. The van der Waals surface area contributed by atoms with Crippen LogP contribution in [0.5, 0.6) is 11.8 Å². The Morgan fingerprint density at radius 1 is 1.32 bits per heavy atom. The molecule has 1 aromatic carbocycles. The molecule has 0 aliphatic carbocycles. The second-order valence-corrected chi connectivity index (χ2v) is 5.16. The van der Waals surface area contributed by atoms with Crippen molar-refractivity contribution in [3.8, 4) is 11.8 Å². The van der Waals surface area contributed by atoms with Crippen LogP contribution in [0, 0.1) is 13.8 Å². The van der Waals surface area contributed by atoms with E-state index in [1.807, 2.05) is 39.1 Å². The lowest BCUT2D eigenvalue weighted by molar-refractivity contribution is 0.439. The topological polar surface area (TPSA) is 47.0 Å². The van der Waals surface area contributed by atoms with E-state index in [0.29, 0.717) is 6.01 Å². The van der Waals surface area contributed by atoms with E-state index >= 15 is 0 Å². The maximum Gasteiger partial charge on any atom is 0.322 e. The summed E-state index contributed by atoms with van der Waals surface area (Å²) in [7, 11) is 1.90. The van der Waals surface area contributed by atoms with Gasteiger partial charge < -0.3 is 10.1 Å². The highest BCUT2D eigenvalue weighted by Crippen LogP contribution is 2.24. The number of benzene rings is 1. The van der Waals surface area contributed by atoms with Gasteiger partial charge in [-0.3, -0.25) is 0 Å². The number of halogens is 1. The van der Waals surface area contributed by atoms with Gasteiger partial charge in [-0.15, -0.1) is 0 Å². The van der Waals surface area contributed by atoms with Crippen molar-refractivity contribution in [2.45, 2.75) is 20.4 Å². The van der Waals surface area contributed by atoms with Crippen LogP contribution >= 0.6 is 15.9 Å². The molecule has 0 saturated carbocycles. The van der Waals surface area contributed by atoms with Gasteiger partial charge in [0.2, 0.25) is 0 Å². The molecule has 0 fully saturated rings. The van der Waals surface area contributed by atoms with E-state index < -0.39 is 0 Å². The average molecular weight is 322 g/mol. The Labute approximate surface area is 121 Å². The quantitative estimate of drug-likeness (QED) is 0.937. The molecular formula is C14H16BrN3O. The summed E-state index contributed by atoms with van der Waals surface area (Å²) in [4.78, 5) is 8.57. The summed E-state index contributed by atoms with van der Waals surface area (Å²) in [5.74, 6) is 0.737. The van der Waals surface area contributed by atoms with Gasteiger partial charge in [-0.1, -0.05) is 15.9 Å². The van der Waals surface area contributed by atoms with Gasteiger partial charge in [0.1, 0.15) is 5.75 Å². The normalized spacial score (nSPS) is 10.5. The molecule has 0 aliphatic rings. The average Bonchev–Trinajstić information content (AvgIpc) is 2.37. The molecule has 2 aromatic rings. The SMILES string of the molecule is CNCc1cnc(Oc2ccc(Br)c(C)c2)nc1C. The fourth-order valence-electron chi connectivity index (χ4n) is 1.67. The van der Waals surface area contributed by atoms with E-state index in [1.165, 1.54) is 0 Å². The highest BCUT2D eigenvalue weighted by atomic mass is 79.9. The van der Waals surface area contributed by atoms with E-state index in [1.54, 1.807) is 6.20 Å². The number of aromatic nitrogens is 2. The molecule has 0 radical (unpaired) electrons. The lowest BCUT2D eigenvalue weighted by Gasteiger charge is -2.08. The minimum Gasteiger partial charge on any atom is -0.424 e. The molecule has 19 heavy (non-hydrogen) atoms. The lowest BCUT2D eigenvalue weighted by atomic mass is 10.2. The van der Waals surface area contributed by atoms with Gasteiger partial charge in [0.05, 0.1) is 0 Å². The zero-order valence-electron chi connectivity index (χ0n) is 11.2. The molecule has 0 spiro atoms. The van der Waals surface area contributed by atoms with E-state index in [0.717, 1.165) is 33.6 Å². The Balaban J connectivity index is 2.19. The zero-order chi connectivity index (χ0) is 13.8. The van der Waals surface area contributed by atoms with Crippen molar-refractivity contribution < 1.29 is 4.74 Å². The van der Waals surface area contributed by atoms with Crippen LogP contribution in [0.25, 0.3) is 0 Å². The van der Waals surface area contributed by atoms with Gasteiger partial charge >= 0.3 is 6.01 Å². The third-order valence-corrected chi connectivity index (χ3v) is 3.65. The molecule has 0 atom stereocenters. The smallest absolute Gasteiger partial charge is 0.322 e. The first-order chi connectivity index (χ1) is 9.10. The van der Waals surface area contributed by atoms with Gasteiger partial charge in [0.15, 0.2) is 0 Å². The molecule has 0 bridgehead atoms. The largest absolute Gasteiger partial charge is 0.424 e. The van der Waals surface area contributed by atoms with Crippen LogP contribution < -0.4 is 10.1 Å². The Kier molecular flexibility index (Phi) is 4.50. The summed E-state index contributed by atoms with van der Waals surface area (Å²) in [5, 5.41) is 3.08. The van der Waals surface area contributed by atoms with Gasteiger partial charge in [-0.25, -0.2) is 4.98 Å². The Bertz CT molecular complexity index is 587. The van der Waals surface area contributed by atoms with Crippen molar-refractivity contribution in [2.75, 3.05) is 7.05 Å². The number of hydrogen-bond donors (Lipinski definition) is 1. The predicted octanol–water partition coefficient (Wildman–Crippen LogP) is 3.37. The first-order valence-electron chi connectivity index (χ1n) is 6.01. The van der Waals surface area contributed by atoms with Crippen molar-refractivity contribution in [1.82, 2.24) is 15.3 Å². The first-order valence-corrected chi connectivity index (χ1v) is 6.80. The summed E-state index contributed by atoms with van der Waals surface area (Å²) in [6.07, 6.45) is 1.79. The maximum atomic E-state index is 5.66. The van der Waals surface area contributed by atoms with E-state index in [2.05, 4.69) is 31.2 Å². The van der Waals surface area contributed by atoms with Gasteiger partial charge in [-0.05, 0) is 44.7 Å². The highest BCUT2D eigenvalue weighted by molar-refractivity contribution is 9.10. The standard InChI is InChI=1S/C14H16BrN3O/c1-9-6-12(4-5-13(9)15)19-14-17-8-11(7-16-3)10(2)18-14/h4-6,8,16H,7H2,1-3H3. The molecule has 100 valence electrons. The molecule has 5 heteroatoms. The minimum atomic E-state index is 0.374. The van der Waals surface area contributed by atoms with Crippen LogP contribution in [0.2, 0.25) is 0 Å². The van der Waals surface area contributed by atoms with Gasteiger partial charge in [0, 0.05) is 28.5 Å². The zero-order valence-corrected chi connectivity index (χ0v) is 12.8. The van der Waals surface area contributed by atoms with E-state index in [-0.39, 0.29) is 0 Å². The summed E-state index contributed by atoms with van der Waals surface area (Å²) < 4.78 is 6.72. The van der Waals surface area contributed by atoms with Crippen molar-refractivity contribution in [3.63, 3.8) is 0 Å². The van der Waals surface area contributed by atoms with Crippen molar-refractivity contribution in [3.05, 3.63) is 45.7 Å². The molecule has 0 aliphatic heterocycles. The highest BCUT2D eigenvalue weighted by Gasteiger charge is 2.06. The fraction of sp³-hybridized carbons (Fsp3) is 0.286. The summed E-state index contributed by atoms with van der Waals surface area (Å²) in [5.41, 5.74) is 3.11. The van der Waals surface area contributed by atoms with Crippen LogP contribution in [-0.2, 0) is 6.54 Å². The molecule has 1 heterocycles. The molecule has 1 N–H and O–H groups in total. The first kappa shape index (κ1) is 14.0. The number of nitrogens with zero attached hydrogens (tertiary/aromatic N) is 2. The monoisotopic (exact) mass is 321 g/mol. The Morgan fingerprint density at radius 3 is 2.74 bits per heavy atom. The molecule has 0 unspecified atom stereocenters.